The van der Waals surface area contributed by atoms with Crippen molar-refractivity contribution >= 4 is 39.8 Å². The maximum Gasteiger partial charge on any atom is 0.281 e. The topological polar surface area (TPSA) is 56.1 Å². The van der Waals surface area contributed by atoms with Crippen molar-refractivity contribution in [2.24, 2.45) is 0 Å². The summed E-state index contributed by atoms with van der Waals surface area (Å²) in [7, 11) is 1.38. The average Bonchev–Trinajstić information content (AvgIpc) is 2.52. The van der Waals surface area contributed by atoms with Crippen molar-refractivity contribution in [3.8, 4) is 5.75 Å². The second kappa shape index (κ2) is 6.26. The molecule has 0 atom stereocenters. The van der Waals surface area contributed by atoms with E-state index in [1.54, 1.807) is 0 Å². The minimum absolute atomic E-state index is 0.0513. The quantitative estimate of drug-likeness (QED) is 0.759. The Hall–Kier alpha value is -2.38. The number of benzene rings is 2. The summed E-state index contributed by atoms with van der Waals surface area (Å²) in [5.74, 6) is -1.39. The fraction of sp³-hybridized carbons (Fsp3) is 0.0667. The number of methoxy groups -OCH3 is 1. The molecule has 1 heterocycles. The first-order valence-corrected chi connectivity index (χ1v) is 7.33. The molecule has 1 aromatic heterocycles. The summed E-state index contributed by atoms with van der Waals surface area (Å²) in [4.78, 5) is 16.7. The van der Waals surface area contributed by atoms with Gasteiger partial charge in [-0.1, -0.05) is 23.2 Å². The summed E-state index contributed by atoms with van der Waals surface area (Å²) in [6, 6.07) is 4.26. The van der Waals surface area contributed by atoms with Gasteiger partial charge in [-0.15, -0.1) is 0 Å². The maximum absolute atomic E-state index is 13.7. The molecule has 0 saturated carbocycles. The Bertz CT molecular complexity index is 1010. The molecule has 0 bridgehead atoms. The molecule has 0 radical (unpaired) electrons. The molecule has 1 N–H and O–H groups in total. The van der Waals surface area contributed by atoms with Gasteiger partial charge in [-0.2, -0.15) is 0 Å². The van der Waals surface area contributed by atoms with E-state index < -0.39 is 17.2 Å². The first-order valence-electron chi connectivity index (χ1n) is 6.58. The number of hydrogen-bond donors (Lipinski definition) is 1. The molecule has 0 amide bonds. The molecule has 0 unspecified atom stereocenters. The van der Waals surface area contributed by atoms with Crippen molar-refractivity contribution in [3.63, 3.8) is 0 Å². The molecule has 0 aliphatic heterocycles. The van der Waals surface area contributed by atoms with Gasteiger partial charge >= 0.3 is 0 Å². The number of ether oxygens (including phenoxy) is 1. The van der Waals surface area contributed by atoms with Crippen LogP contribution in [0, 0.1) is 11.6 Å². The highest BCUT2D eigenvalue weighted by Crippen LogP contribution is 2.35. The monoisotopic (exact) mass is 371 g/mol. The predicted molar refractivity (Wildman–Crippen MR) is 88.0 cm³/mol. The third kappa shape index (κ3) is 2.76. The third-order valence-corrected chi connectivity index (χ3v) is 3.85. The van der Waals surface area contributed by atoms with Crippen LogP contribution in [-0.2, 0) is 0 Å². The molecule has 0 fully saturated rings. The van der Waals surface area contributed by atoms with E-state index in [9.17, 15) is 13.6 Å². The summed E-state index contributed by atoms with van der Waals surface area (Å²) in [6.07, 6.45) is 1.13. The molecule has 3 aromatic rings. The zero-order valence-electron chi connectivity index (χ0n) is 12.1. The first-order chi connectivity index (χ1) is 11.4. The maximum atomic E-state index is 13.7. The van der Waals surface area contributed by atoms with Gasteiger partial charge in [-0.25, -0.2) is 18.4 Å². The van der Waals surface area contributed by atoms with E-state index in [0.717, 1.165) is 23.1 Å². The number of nitrogens with zero attached hydrogens (tertiary/aromatic N) is 2. The SMILES string of the molecule is COc1c(Cl)cc(Cl)c2c(=O)n(Nc3ccc(F)cc3F)cnc12. The highest BCUT2D eigenvalue weighted by molar-refractivity contribution is 6.39. The van der Waals surface area contributed by atoms with E-state index >= 15 is 0 Å². The van der Waals surface area contributed by atoms with Gasteiger partial charge in [0.25, 0.3) is 5.56 Å². The van der Waals surface area contributed by atoms with Crippen LogP contribution < -0.4 is 15.7 Å². The van der Waals surface area contributed by atoms with Crippen LogP contribution in [0.4, 0.5) is 14.5 Å². The minimum atomic E-state index is -0.859. The summed E-state index contributed by atoms with van der Waals surface area (Å²) in [6.45, 7) is 0. The van der Waals surface area contributed by atoms with Gasteiger partial charge in [0.2, 0.25) is 0 Å². The number of fused-ring (bicyclic) bond motifs is 1. The van der Waals surface area contributed by atoms with Crippen molar-refractivity contribution in [3.05, 3.63) is 62.6 Å². The summed E-state index contributed by atoms with van der Waals surface area (Å²) in [5.41, 5.74) is 1.99. The number of halogens is 4. The normalized spacial score (nSPS) is 10.9. The molecule has 0 aliphatic carbocycles. The summed E-state index contributed by atoms with van der Waals surface area (Å²) < 4.78 is 32.8. The molecule has 9 heteroatoms. The number of rotatable bonds is 3. The van der Waals surface area contributed by atoms with Crippen LogP contribution in [0.5, 0.6) is 5.75 Å². The standard InChI is InChI=1S/C15H9Cl2F2N3O2/c1-24-14-9(17)5-8(16)12-13(14)20-6-22(15(12)23)21-11-3-2-7(18)4-10(11)19/h2-6,21H,1H3. The van der Waals surface area contributed by atoms with Crippen molar-refractivity contribution in [1.82, 2.24) is 9.66 Å². The Balaban J connectivity index is 2.17. The highest BCUT2D eigenvalue weighted by Gasteiger charge is 2.17. The second-order valence-electron chi connectivity index (χ2n) is 4.75. The molecular formula is C15H9Cl2F2N3O2. The van der Waals surface area contributed by atoms with Crippen molar-refractivity contribution in [1.29, 1.82) is 0 Å². The van der Waals surface area contributed by atoms with E-state index in [2.05, 4.69) is 10.4 Å². The van der Waals surface area contributed by atoms with Crippen LogP contribution >= 0.6 is 23.2 Å². The van der Waals surface area contributed by atoms with Crippen molar-refractivity contribution < 1.29 is 13.5 Å². The van der Waals surface area contributed by atoms with Gasteiger partial charge in [0, 0.05) is 6.07 Å². The smallest absolute Gasteiger partial charge is 0.281 e. The summed E-state index contributed by atoms with van der Waals surface area (Å²) in [5, 5.41) is 0.330. The molecule has 2 aromatic carbocycles. The van der Waals surface area contributed by atoms with Gasteiger partial charge < -0.3 is 4.74 Å². The number of anilines is 1. The Morgan fingerprint density at radius 2 is 1.96 bits per heavy atom. The molecule has 24 heavy (non-hydrogen) atoms. The van der Waals surface area contributed by atoms with E-state index in [4.69, 9.17) is 27.9 Å². The molecule has 0 aliphatic rings. The second-order valence-corrected chi connectivity index (χ2v) is 5.57. The Morgan fingerprint density at radius 1 is 1.21 bits per heavy atom. The van der Waals surface area contributed by atoms with Gasteiger partial charge in [0.1, 0.15) is 17.7 Å². The molecule has 0 saturated heterocycles. The predicted octanol–water partition coefficient (Wildman–Crippen LogP) is 3.87. The lowest BCUT2D eigenvalue weighted by Gasteiger charge is -2.13. The fourth-order valence-corrected chi connectivity index (χ4v) is 2.80. The van der Waals surface area contributed by atoms with Crippen LogP contribution in [0.15, 0.2) is 35.4 Å². The fourth-order valence-electron chi connectivity index (χ4n) is 2.19. The van der Waals surface area contributed by atoms with Gasteiger partial charge in [-0.3, -0.25) is 10.2 Å². The Labute approximate surface area is 144 Å². The van der Waals surface area contributed by atoms with Crippen LogP contribution in [-0.4, -0.2) is 16.8 Å². The van der Waals surface area contributed by atoms with Gasteiger partial charge in [0.15, 0.2) is 11.6 Å². The lowest BCUT2D eigenvalue weighted by atomic mass is 10.2. The average molecular weight is 372 g/mol. The van der Waals surface area contributed by atoms with Crippen LogP contribution in [0.25, 0.3) is 10.9 Å². The number of aromatic nitrogens is 2. The van der Waals surface area contributed by atoms with E-state index in [0.29, 0.717) is 6.07 Å². The molecule has 5 nitrogen and oxygen atoms in total. The molecule has 3 rings (SSSR count). The van der Waals surface area contributed by atoms with Crippen LogP contribution in [0.3, 0.4) is 0 Å². The zero-order chi connectivity index (χ0) is 17.4. The lowest BCUT2D eigenvalue weighted by molar-refractivity contribution is 0.419. The lowest BCUT2D eigenvalue weighted by Crippen LogP contribution is -2.27. The van der Waals surface area contributed by atoms with E-state index in [1.807, 2.05) is 0 Å². The minimum Gasteiger partial charge on any atom is -0.493 e. The third-order valence-electron chi connectivity index (χ3n) is 3.27. The van der Waals surface area contributed by atoms with E-state index in [1.165, 1.54) is 13.2 Å². The molecule has 124 valence electrons. The van der Waals surface area contributed by atoms with Crippen molar-refractivity contribution in [2.45, 2.75) is 0 Å². The molecular weight excluding hydrogens is 363 g/mol. The highest BCUT2D eigenvalue weighted by atomic mass is 35.5. The first kappa shape index (κ1) is 16.5. The molecule has 0 spiro atoms. The Morgan fingerprint density at radius 3 is 2.62 bits per heavy atom. The zero-order valence-corrected chi connectivity index (χ0v) is 13.6. The number of hydrogen-bond acceptors (Lipinski definition) is 4. The van der Waals surface area contributed by atoms with Crippen LogP contribution in [0.1, 0.15) is 0 Å². The Kier molecular flexibility index (Phi) is 4.29. The number of nitrogens with one attached hydrogen (secondary N) is 1. The van der Waals surface area contributed by atoms with Crippen molar-refractivity contribution in [2.75, 3.05) is 12.5 Å². The summed E-state index contributed by atoms with van der Waals surface area (Å²) >= 11 is 12.1. The van der Waals surface area contributed by atoms with E-state index in [-0.39, 0.29) is 32.4 Å². The van der Waals surface area contributed by atoms with Crippen LogP contribution in [0.2, 0.25) is 10.0 Å². The van der Waals surface area contributed by atoms with Gasteiger partial charge in [0.05, 0.1) is 28.2 Å². The van der Waals surface area contributed by atoms with Gasteiger partial charge in [-0.05, 0) is 18.2 Å². The largest absolute Gasteiger partial charge is 0.493 e.